The Labute approximate surface area is 414 Å². The van der Waals surface area contributed by atoms with Crippen LogP contribution >= 0.6 is 0 Å². The van der Waals surface area contributed by atoms with Crippen LogP contribution in [0.2, 0.25) is 13.1 Å². The first-order chi connectivity index (χ1) is 30.0. The second-order valence-electron chi connectivity index (χ2n) is 22.5. The molecular formula is C60H72Cl2SiZr-2. The molecule has 8 aliphatic carbocycles. The number of hydrogen-bond donors (Lipinski definition) is 0. The number of hydrogen-bond acceptors (Lipinski definition) is 0. The predicted molar refractivity (Wildman–Crippen MR) is 264 cm³/mol. The van der Waals surface area contributed by atoms with Crippen molar-refractivity contribution in [2.45, 2.75) is 130 Å². The fourth-order valence-electron chi connectivity index (χ4n) is 14.7. The van der Waals surface area contributed by atoms with E-state index in [1.54, 1.807) is 47.3 Å². The van der Waals surface area contributed by atoms with E-state index >= 15 is 0 Å². The number of rotatable bonds is 8. The quantitative estimate of drug-likeness (QED) is 0.105. The molecule has 64 heavy (non-hydrogen) atoms. The zero-order valence-corrected chi connectivity index (χ0v) is 44.5. The molecule has 0 aliphatic heterocycles. The topological polar surface area (TPSA) is 0 Å². The summed E-state index contributed by atoms with van der Waals surface area (Å²) >= 11 is 1.74. The van der Waals surface area contributed by atoms with Crippen LogP contribution in [0.3, 0.4) is 0 Å². The van der Waals surface area contributed by atoms with Gasteiger partial charge in [-0.1, -0.05) is 99.5 Å². The van der Waals surface area contributed by atoms with Crippen LogP contribution in [0.5, 0.6) is 0 Å². The maximum atomic E-state index is 2.52. The normalized spacial score (nSPS) is 28.1. The van der Waals surface area contributed by atoms with Crippen molar-refractivity contribution in [3.63, 3.8) is 0 Å². The zero-order valence-electron chi connectivity index (χ0n) is 39.6. The van der Waals surface area contributed by atoms with E-state index in [0.29, 0.717) is 11.8 Å². The molecular weight excluding hydrogens is 911 g/mol. The zero-order chi connectivity index (χ0) is 42.6. The van der Waals surface area contributed by atoms with Crippen LogP contribution in [0.1, 0.15) is 126 Å². The Morgan fingerprint density at radius 1 is 0.484 bits per heavy atom. The summed E-state index contributed by atoms with van der Waals surface area (Å²) in [7, 11) is 0. The molecule has 6 aromatic carbocycles. The Hall–Kier alpha value is -2.22. The standard InChI is InChI=1S/2C29H33.C2H6Si.2ClH.Zr/c2*1-18(2)22-6-8-23(9-7-22)27-5-3-4-24-11-21(17-29(24)27)16-28-25-12-19-10-20(14-25)15-26(28)13-19;1-3-2;;;/h2*3-9,11,17-20,25-26,28H,10,12-16H2,1-2H3;1-2H3;2*1H;/q2*-1;;;;+2/p-2. The summed E-state index contributed by atoms with van der Waals surface area (Å²) in [6.45, 7) is 13.7. The minimum atomic E-state index is 0. The van der Waals surface area contributed by atoms with E-state index in [2.05, 4.69) is 150 Å². The fraction of sp³-hybridized carbons (Fsp3) is 0.500. The molecule has 4 heteroatoms. The Morgan fingerprint density at radius 2 is 0.797 bits per heavy atom. The third kappa shape index (κ3) is 10.3. The molecule has 0 aromatic heterocycles. The first-order valence-electron chi connectivity index (χ1n) is 25.1. The molecule has 0 saturated heterocycles. The molecule has 0 N–H and O–H groups in total. The van der Waals surface area contributed by atoms with Gasteiger partial charge in [-0.15, -0.1) is 69.1 Å². The number of fused-ring (bicyclic) bond motifs is 2. The number of halogens is 2. The Bertz CT molecular complexity index is 2270. The summed E-state index contributed by atoms with van der Waals surface area (Å²) in [5, 5.41) is 5.75. The van der Waals surface area contributed by atoms with Gasteiger partial charge in [-0.05, 0) is 170 Å². The third-order valence-corrected chi connectivity index (χ3v) is 17.2. The summed E-state index contributed by atoms with van der Waals surface area (Å²) < 4.78 is 0. The predicted octanol–water partition coefficient (Wildman–Crippen LogP) is 10.7. The van der Waals surface area contributed by atoms with Crippen LogP contribution < -0.4 is 24.8 Å². The molecule has 0 spiro atoms. The van der Waals surface area contributed by atoms with Crippen molar-refractivity contribution < 1.29 is 48.1 Å². The molecule has 0 heterocycles. The Kier molecular flexibility index (Phi) is 15.5. The minimum Gasteiger partial charge on any atom is -1.00 e. The van der Waals surface area contributed by atoms with Gasteiger partial charge in [0.15, 0.2) is 0 Å². The fourth-order valence-corrected chi connectivity index (χ4v) is 14.7. The monoisotopic (exact) mass is 980 g/mol. The number of benzene rings is 4. The largest absolute Gasteiger partial charge is 1.00 e. The van der Waals surface area contributed by atoms with Gasteiger partial charge in [-0.3, -0.25) is 0 Å². The average Bonchev–Trinajstić information content (AvgIpc) is 3.87. The van der Waals surface area contributed by atoms with Crippen molar-refractivity contribution in [1.29, 1.82) is 0 Å². The molecule has 0 amide bonds. The second-order valence-corrected chi connectivity index (χ2v) is 31.9. The molecule has 6 aromatic rings. The van der Waals surface area contributed by atoms with Crippen LogP contribution in [0.4, 0.5) is 0 Å². The van der Waals surface area contributed by atoms with Crippen molar-refractivity contribution in [2.24, 2.45) is 59.2 Å². The molecule has 8 fully saturated rings. The van der Waals surface area contributed by atoms with E-state index in [-0.39, 0.29) is 30.2 Å². The van der Waals surface area contributed by atoms with Crippen molar-refractivity contribution in [3.05, 3.63) is 131 Å². The first-order valence-corrected chi connectivity index (χ1v) is 31.3. The van der Waals surface area contributed by atoms with E-state index in [1.807, 2.05) is 0 Å². The van der Waals surface area contributed by atoms with Gasteiger partial charge in [0, 0.05) is 0 Å². The molecule has 8 saturated carbocycles. The molecule has 0 atom stereocenters. The summed E-state index contributed by atoms with van der Waals surface area (Å²) in [5.74, 6) is 11.5. The summed E-state index contributed by atoms with van der Waals surface area (Å²) in [4.78, 5) is 0. The molecule has 14 rings (SSSR count). The second kappa shape index (κ2) is 20.6. The maximum Gasteiger partial charge on any atom is -1.00 e. The van der Waals surface area contributed by atoms with Gasteiger partial charge in [-0.2, -0.15) is 12.1 Å². The summed E-state index contributed by atoms with van der Waals surface area (Å²) in [5.41, 5.74) is 11.7. The van der Waals surface area contributed by atoms with Gasteiger partial charge in [-0.25, -0.2) is 0 Å². The van der Waals surface area contributed by atoms with E-state index in [4.69, 9.17) is 0 Å². The molecule has 8 aliphatic rings. The summed E-state index contributed by atoms with van der Waals surface area (Å²) in [6.07, 6.45) is 18.0. The van der Waals surface area contributed by atoms with Gasteiger partial charge in [0.1, 0.15) is 0 Å². The van der Waals surface area contributed by atoms with Crippen LogP contribution in [0, 0.1) is 59.2 Å². The SMILES string of the molecule is CC(C)c1ccc(-c2cccc3[cH-]c(CC4C5CC6CC(C5)CC4C6)cc23)cc1.CC(C)c1ccc(-c2cccc3[cH-]c(CC4C5CC6CC(C5)CC4C6)cc23)cc1.C[Si](C)=[Zr+2].[Cl-].[Cl-]. The van der Waals surface area contributed by atoms with Crippen molar-refractivity contribution in [3.8, 4) is 22.3 Å². The van der Waals surface area contributed by atoms with E-state index in [9.17, 15) is 0 Å². The molecule has 0 unspecified atom stereocenters. The Balaban J connectivity index is 0.000000157. The smallest absolute Gasteiger partial charge is 1.00 e. The van der Waals surface area contributed by atoms with Gasteiger partial charge < -0.3 is 24.8 Å². The average molecular weight is 983 g/mol. The van der Waals surface area contributed by atoms with E-state index in [0.717, 1.165) is 59.2 Å². The van der Waals surface area contributed by atoms with Crippen molar-refractivity contribution in [1.82, 2.24) is 0 Å². The Morgan fingerprint density at radius 3 is 1.09 bits per heavy atom. The van der Waals surface area contributed by atoms with Crippen LogP contribution in [0.15, 0.2) is 109 Å². The van der Waals surface area contributed by atoms with E-state index < -0.39 is 0 Å². The first kappa shape index (κ1) is 48.2. The third-order valence-electron chi connectivity index (χ3n) is 17.2. The molecule has 336 valence electrons. The van der Waals surface area contributed by atoms with Crippen LogP contribution in [-0.4, -0.2) is 5.43 Å². The molecule has 8 bridgehead atoms. The van der Waals surface area contributed by atoms with Crippen molar-refractivity contribution in [2.75, 3.05) is 0 Å². The molecule has 0 radical (unpaired) electrons. The minimum absolute atomic E-state index is 0. The van der Waals surface area contributed by atoms with Gasteiger partial charge in [0.25, 0.3) is 0 Å². The van der Waals surface area contributed by atoms with Gasteiger partial charge >= 0.3 is 41.9 Å². The maximum absolute atomic E-state index is 2.52. The van der Waals surface area contributed by atoms with Crippen LogP contribution in [0.25, 0.3) is 43.8 Å². The van der Waals surface area contributed by atoms with E-state index in [1.165, 1.54) is 119 Å². The van der Waals surface area contributed by atoms with Crippen LogP contribution in [-0.2, 0) is 36.2 Å². The summed E-state index contributed by atoms with van der Waals surface area (Å²) in [6, 6.07) is 42.2. The van der Waals surface area contributed by atoms with Gasteiger partial charge in [0.2, 0.25) is 0 Å². The molecule has 0 nitrogen and oxygen atoms in total. The van der Waals surface area contributed by atoms with Crippen molar-refractivity contribution >= 4 is 27.0 Å². The van der Waals surface area contributed by atoms with Gasteiger partial charge in [0.05, 0.1) is 0 Å².